The van der Waals surface area contributed by atoms with Crippen molar-refractivity contribution in [1.29, 1.82) is 0 Å². The lowest BCUT2D eigenvalue weighted by Crippen LogP contribution is -2.44. The Balaban J connectivity index is 1.80. The van der Waals surface area contributed by atoms with Gasteiger partial charge in [-0.1, -0.05) is 0 Å². The minimum atomic E-state index is -0.986. The maximum absolute atomic E-state index is 12.7. The Morgan fingerprint density at radius 3 is 2.78 bits per heavy atom. The molecule has 1 aromatic carbocycles. The molecule has 0 aromatic heterocycles. The highest BCUT2D eigenvalue weighted by atomic mass is 19.1. The minimum Gasteiger partial charge on any atom is -0.386 e. The summed E-state index contributed by atoms with van der Waals surface area (Å²) in [5.74, 6) is -0.363. The Morgan fingerprint density at radius 2 is 2.17 bits per heavy atom. The predicted octanol–water partition coefficient (Wildman–Crippen LogP) is 1.10. The van der Waals surface area contributed by atoms with Gasteiger partial charge in [-0.15, -0.1) is 0 Å². The van der Waals surface area contributed by atoms with Gasteiger partial charge in [-0.25, -0.2) is 9.18 Å². The van der Waals surface area contributed by atoms with Gasteiger partial charge in [0.05, 0.1) is 13.2 Å². The Morgan fingerprint density at radius 1 is 1.44 bits per heavy atom. The molecule has 1 heterocycles. The second-order valence-corrected chi connectivity index (χ2v) is 4.34. The summed E-state index contributed by atoms with van der Waals surface area (Å²) in [5, 5.41) is 15.0. The fraction of sp³-hybridized carbons (Fsp3) is 0.417. The first-order valence-corrected chi connectivity index (χ1v) is 5.68. The molecule has 0 saturated carbocycles. The van der Waals surface area contributed by atoms with Crippen LogP contribution in [0, 0.1) is 5.82 Å². The van der Waals surface area contributed by atoms with Crippen molar-refractivity contribution in [2.24, 2.45) is 0 Å². The van der Waals surface area contributed by atoms with E-state index in [1.165, 1.54) is 24.3 Å². The van der Waals surface area contributed by atoms with Crippen molar-refractivity contribution in [2.45, 2.75) is 12.0 Å². The van der Waals surface area contributed by atoms with E-state index < -0.39 is 11.6 Å². The van der Waals surface area contributed by atoms with Crippen LogP contribution < -0.4 is 10.6 Å². The van der Waals surface area contributed by atoms with Crippen LogP contribution in [-0.2, 0) is 4.74 Å². The number of rotatable bonds is 3. The number of hydrogen-bond donors (Lipinski definition) is 3. The van der Waals surface area contributed by atoms with Crippen LogP contribution >= 0.6 is 0 Å². The van der Waals surface area contributed by atoms with Crippen LogP contribution in [0.1, 0.15) is 6.42 Å². The number of anilines is 1. The summed E-state index contributed by atoms with van der Waals surface area (Å²) >= 11 is 0. The van der Waals surface area contributed by atoms with Crippen molar-refractivity contribution in [3.05, 3.63) is 30.1 Å². The molecule has 1 aliphatic rings. The summed E-state index contributed by atoms with van der Waals surface area (Å²) in [6, 6.07) is 4.99. The van der Waals surface area contributed by atoms with E-state index in [0.29, 0.717) is 18.7 Å². The van der Waals surface area contributed by atoms with Gasteiger partial charge in [0.1, 0.15) is 11.4 Å². The highest BCUT2D eigenvalue weighted by Crippen LogP contribution is 2.17. The van der Waals surface area contributed by atoms with Crippen LogP contribution in [0.5, 0.6) is 0 Å². The molecule has 0 spiro atoms. The third-order valence-electron chi connectivity index (χ3n) is 2.76. The number of aliphatic hydroxyl groups is 1. The fourth-order valence-electron chi connectivity index (χ4n) is 1.69. The molecule has 0 bridgehead atoms. The zero-order chi connectivity index (χ0) is 13.0. The van der Waals surface area contributed by atoms with Crippen LogP contribution in [0.25, 0.3) is 0 Å². The van der Waals surface area contributed by atoms with Crippen molar-refractivity contribution in [3.63, 3.8) is 0 Å². The van der Waals surface area contributed by atoms with E-state index >= 15 is 0 Å². The van der Waals surface area contributed by atoms with E-state index in [4.69, 9.17) is 4.74 Å². The van der Waals surface area contributed by atoms with Gasteiger partial charge in [0.15, 0.2) is 0 Å². The smallest absolute Gasteiger partial charge is 0.319 e. The maximum atomic E-state index is 12.7. The molecule has 1 aromatic rings. The van der Waals surface area contributed by atoms with Gasteiger partial charge in [0.25, 0.3) is 0 Å². The van der Waals surface area contributed by atoms with Crippen molar-refractivity contribution in [1.82, 2.24) is 5.32 Å². The van der Waals surface area contributed by atoms with Crippen molar-refractivity contribution < 1.29 is 19.0 Å². The topological polar surface area (TPSA) is 70.6 Å². The zero-order valence-corrected chi connectivity index (χ0v) is 9.78. The molecule has 2 rings (SSSR count). The second kappa shape index (κ2) is 5.32. The number of hydrogen-bond acceptors (Lipinski definition) is 3. The van der Waals surface area contributed by atoms with E-state index in [1.807, 2.05) is 0 Å². The number of halogens is 1. The molecule has 98 valence electrons. The molecule has 3 N–H and O–H groups in total. The first-order chi connectivity index (χ1) is 8.57. The number of carbonyl (C=O) groups is 1. The largest absolute Gasteiger partial charge is 0.386 e. The molecule has 1 saturated heterocycles. The lowest BCUT2D eigenvalue weighted by atomic mass is 10.0. The molecular weight excluding hydrogens is 239 g/mol. The normalized spacial score (nSPS) is 22.8. The number of amides is 2. The SMILES string of the molecule is O=C(NCC1(O)CCOC1)Nc1ccc(F)cc1. The third kappa shape index (κ3) is 3.41. The van der Waals surface area contributed by atoms with Crippen LogP contribution in [-0.4, -0.2) is 36.5 Å². The summed E-state index contributed by atoms with van der Waals surface area (Å²) in [4.78, 5) is 11.5. The maximum Gasteiger partial charge on any atom is 0.319 e. The molecule has 18 heavy (non-hydrogen) atoms. The van der Waals surface area contributed by atoms with Crippen molar-refractivity contribution in [2.75, 3.05) is 25.1 Å². The van der Waals surface area contributed by atoms with Crippen molar-refractivity contribution in [3.8, 4) is 0 Å². The van der Waals surface area contributed by atoms with Crippen LogP contribution in [0.3, 0.4) is 0 Å². The predicted molar refractivity (Wildman–Crippen MR) is 63.8 cm³/mol. The summed E-state index contributed by atoms with van der Waals surface area (Å²) in [6.07, 6.45) is 0.504. The molecule has 0 radical (unpaired) electrons. The lowest BCUT2D eigenvalue weighted by molar-refractivity contribution is 0.0295. The van der Waals surface area contributed by atoms with Crippen LogP contribution in [0.15, 0.2) is 24.3 Å². The molecule has 1 fully saturated rings. The zero-order valence-electron chi connectivity index (χ0n) is 9.78. The summed E-state index contributed by atoms with van der Waals surface area (Å²) in [5.41, 5.74) is -0.497. The van der Waals surface area contributed by atoms with Gasteiger partial charge in [-0.05, 0) is 24.3 Å². The average Bonchev–Trinajstić information content (AvgIpc) is 2.78. The fourth-order valence-corrected chi connectivity index (χ4v) is 1.69. The first-order valence-electron chi connectivity index (χ1n) is 5.68. The quantitative estimate of drug-likeness (QED) is 0.756. The highest BCUT2D eigenvalue weighted by Gasteiger charge is 2.32. The van der Waals surface area contributed by atoms with Crippen LogP contribution in [0.4, 0.5) is 14.9 Å². The molecule has 5 nitrogen and oxygen atoms in total. The molecule has 0 aliphatic carbocycles. The van der Waals surface area contributed by atoms with E-state index in [-0.39, 0.29) is 19.0 Å². The number of nitrogens with one attached hydrogen (secondary N) is 2. The van der Waals surface area contributed by atoms with Gasteiger partial charge in [-0.3, -0.25) is 0 Å². The number of urea groups is 1. The van der Waals surface area contributed by atoms with Gasteiger partial charge >= 0.3 is 6.03 Å². The van der Waals surface area contributed by atoms with E-state index in [9.17, 15) is 14.3 Å². The molecule has 1 unspecified atom stereocenters. The lowest BCUT2D eigenvalue weighted by Gasteiger charge is -2.20. The molecule has 6 heteroatoms. The second-order valence-electron chi connectivity index (χ2n) is 4.34. The monoisotopic (exact) mass is 254 g/mol. The Kier molecular flexibility index (Phi) is 3.78. The minimum absolute atomic E-state index is 0.125. The van der Waals surface area contributed by atoms with Crippen LogP contribution in [0.2, 0.25) is 0 Å². The highest BCUT2D eigenvalue weighted by molar-refractivity contribution is 5.89. The van der Waals surface area contributed by atoms with E-state index in [0.717, 1.165) is 0 Å². The standard InChI is InChI=1S/C12H15FN2O3/c13-9-1-3-10(4-2-9)15-11(16)14-7-12(17)5-6-18-8-12/h1-4,17H,5-8H2,(H2,14,15,16). The Bertz CT molecular complexity index is 416. The van der Waals surface area contributed by atoms with E-state index in [2.05, 4.69) is 10.6 Å². The average molecular weight is 254 g/mol. The Hall–Kier alpha value is -1.66. The van der Waals surface area contributed by atoms with E-state index in [1.54, 1.807) is 0 Å². The molecule has 1 atom stereocenters. The molecule has 1 aliphatic heterocycles. The number of benzene rings is 1. The van der Waals surface area contributed by atoms with Gasteiger partial charge in [0, 0.05) is 18.7 Å². The Labute approximate surface area is 104 Å². The number of ether oxygens (including phenoxy) is 1. The van der Waals surface area contributed by atoms with Crippen molar-refractivity contribution >= 4 is 11.7 Å². The van der Waals surface area contributed by atoms with Gasteiger partial charge in [0.2, 0.25) is 0 Å². The third-order valence-corrected chi connectivity index (χ3v) is 2.76. The molecule has 2 amide bonds. The van der Waals surface area contributed by atoms with Gasteiger partial charge < -0.3 is 20.5 Å². The molecular formula is C12H15FN2O3. The first kappa shape index (κ1) is 12.8. The summed E-state index contributed by atoms with van der Waals surface area (Å²) in [6.45, 7) is 0.849. The summed E-state index contributed by atoms with van der Waals surface area (Å²) < 4.78 is 17.7. The van der Waals surface area contributed by atoms with Gasteiger partial charge in [-0.2, -0.15) is 0 Å². The summed E-state index contributed by atoms with van der Waals surface area (Å²) in [7, 11) is 0. The number of carbonyl (C=O) groups excluding carboxylic acids is 1.